The second-order valence-electron chi connectivity index (χ2n) is 5.17. The molecule has 0 unspecified atom stereocenters. The Morgan fingerprint density at radius 1 is 1.32 bits per heavy atom. The van der Waals surface area contributed by atoms with E-state index >= 15 is 0 Å². The van der Waals surface area contributed by atoms with Gasteiger partial charge in [0, 0.05) is 21.8 Å². The molecule has 4 heteroatoms. The maximum Gasteiger partial charge on any atom is 0.251 e. The van der Waals surface area contributed by atoms with Gasteiger partial charge in [0.05, 0.1) is 0 Å². The third-order valence-electron chi connectivity index (χ3n) is 2.79. The lowest BCUT2D eigenvalue weighted by atomic mass is 10.1. The van der Waals surface area contributed by atoms with Crippen LogP contribution < -0.4 is 5.56 Å². The van der Waals surface area contributed by atoms with Crippen LogP contribution >= 0.6 is 15.9 Å². The number of hydrogen-bond acceptors (Lipinski definition) is 2. The number of H-pyrrole nitrogens is 1. The summed E-state index contributed by atoms with van der Waals surface area (Å²) in [6.45, 7) is 6.26. The van der Waals surface area contributed by atoms with E-state index in [1.165, 1.54) is 0 Å². The molecular formula is C15H17BrN2O. The van der Waals surface area contributed by atoms with Gasteiger partial charge in [0.15, 0.2) is 0 Å². The molecule has 2 aromatic rings. The number of nitrogens with one attached hydrogen (secondary N) is 1. The van der Waals surface area contributed by atoms with E-state index in [2.05, 4.69) is 39.7 Å². The van der Waals surface area contributed by atoms with Crippen LogP contribution in [-0.4, -0.2) is 9.97 Å². The van der Waals surface area contributed by atoms with Gasteiger partial charge < -0.3 is 4.98 Å². The SMILES string of the molecule is Cc1ccc(-c2nc(CC(C)C)cc(=O)[nH]2)c(Br)c1. The molecule has 100 valence electrons. The lowest BCUT2D eigenvalue weighted by Crippen LogP contribution is -2.12. The van der Waals surface area contributed by atoms with E-state index in [0.29, 0.717) is 11.7 Å². The molecule has 0 radical (unpaired) electrons. The molecule has 19 heavy (non-hydrogen) atoms. The van der Waals surface area contributed by atoms with Gasteiger partial charge in [-0.25, -0.2) is 4.98 Å². The van der Waals surface area contributed by atoms with Crippen LogP contribution in [0, 0.1) is 12.8 Å². The van der Waals surface area contributed by atoms with E-state index in [4.69, 9.17) is 0 Å². The third-order valence-corrected chi connectivity index (χ3v) is 3.45. The van der Waals surface area contributed by atoms with Crippen LogP contribution in [0.15, 0.2) is 33.5 Å². The van der Waals surface area contributed by atoms with Gasteiger partial charge in [-0.05, 0) is 37.0 Å². The highest BCUT2D eigenvalue weighted by molar-refractivity contribution is 9.10. The highest BCUT2D eigenvalue weighted by Crippen LogP contribution is 2.26. The summed E-state index contributed by atoms with van der Waals surface area (Å²) in [5.41, 5.74) is 2.80. The maximum atomic E-state index is 11.7. The maximum absolute atomic E-state index is 11.7. The Kier molecular flexibility index (Phi) is 4.20. The van der Waals surface area contributed by atoms with E-state index in [-0.39, 0.29) is 5.56 Å². The average molecular weight is 321 g/mol. The fourth-order valence-corrected chi connectivity index (χ4v) is 2.65. The van der Waals surface area contributed by atoms with Crippen molar-refractivity contribution in [2.24, 2.45) is 5.92 Å². The van der Waals surface area contributed by atoms with Crippen molar-refractivity contribution in [3.05, 3.63) is 50.3 Å². The lowest BCUT2D eigenvalue weighted by Gasteiger charge is -2.08. The first-order valence-electron chi connectivity index (χ1n) is 6.32. The summed E-state index contributed by atoms with van der Waals surface area (Å²) < 4.78 is 0.942. The number of aromatic amines is 1. The van der Waals surface area contributed by atoms with E-state index in [9.17, 15) is 4.79 Å². The zero-order valence-electron chi connectivity index (χ0n) is 11.3. The Bertz CT molecular complexity index is 647. The largest absolute Gasteiger partial charge is 0.306 e. The van der Waals surface area contributed by atoms with Gasteiger partial charge in [0.1, 0.15) is 5.82 Å². The first kappa shape index (κ1) is 14.0. The highest BCUT2D eigenvalue weighted by atomic mass is 79.9. The van der Waals surface area contributed by atoms with Crippen molar-refractivity contribution in [2.75, 3.05) is 0 Å². The topological polar surface area (TPSA) is 45.8 Å². The van der Waals surface area contributed by atoms with Crippen molar-refractivity contribution >= 4 is 15.9 Å². The summed E-state index contributed by atoms with van der Waals surface area (Å²) in [7, 11) is 0. The van der Waals surface area contributed by atoms with E-state index in [1.807, 2.05) is 25.1 Å². The molecule has 0 amide bonds. The van der Waals surface area contributed by atoms with Gasteiger partial charge in [0.2, 0.25) is 0 Å². The molecule has 0 saturated heterocycles. The predicted molar refractivity (Wildman–Crippen MR) is 81.3 cm³/mol. The molecule has 1 aromatic heterocycles. The van der Waals surface area contributed by atoms with E-state index in [1.54, 1.807) is 6.07 Å². The molecule has 1 N–H and O–H groups in total. The lowest BCUT2D eigenvalue weighted by molar-refractivity contribution is 0.634. The molecule has 3 nitrogen and oxygen atoms in total. The number of rotatable bonds is 3. The Labute approximate surface area is 121 Å². The standard InChI is InChI=1S/C15H17BrN2O/c1-9(2)6-11-8-14(19)18-15(17-11)12-5-4-10(3)7-13(12)16/h4-5,7-9H,6H2,1-3H3,(H,17,18,19). The Hall–Kier alpha value is -1.42. The van der Waals surface area contributed by atoms with Crippen molar-refractivity contribution in [3.8, 4) is 11.4 Å². The second-order valence-corrected chi connectivity index (χ2v) is 6.02. The van der Waals surface area contributed by atoms with Gasteiger partial charge in [-0.2, -0.15) is 0 Å². The van der Waals surface area contributed by atoms with Crippen LogP contribution in [0.25, 0.3) is 11.4 Å². The molecule has 2 rings (SSSR count). The highest BCUT2D eigenvalue weighted by Gasteiger charge is 2.09. The summed E-state index contributed by atoms with van der Waals surface area (Å²) in [6.07, 6.45) is 0.806. The first-order chi connectivity index (χ1) is 8.95. The molecule has 0 atom stereocenters. The van der Waals surface area contributed by atoms with Gasteiger partial charge in [-0.15, -0.1) is 0 Å². The Morgan fingerprint density at radius 3 is 2.68 bits per heavy atom. The predicted octanol–water partition coefficient (Wildman–Crippen LogP) is 3.71. The molecule has 0 spiro atoms. The van der Waals surface area contributed by atoms with Crippen LogP contribution in [0.4, 0.5) is 0 Å². The number of aryl methyl sites for hydroxylation is 1. The van der Waals surface area contributed by atoms with E-state index in [0.717, 1.165) is 27.7 Å². The number of nitrogens with zero attached hydrogens (tertiary/aromatic N) is 1. The van der Waals surface area contributed by atoms with Crippen LogP contribution in [0.2, 0.25) is 0 Å². The van der Waals surface area contributed by atoms with Crippen LogP contribution in [0.5, 0.6) is 0 Å². The summed E-state index contributed by atoms with van der Waals surface area (Å²) in [4.78, 5) is 19.1. The molecule has 0 aliphatic heterocycles. The Balaban J connectivity index is 2.50. The van der Waals surface area contributed by atoms with Gasteiger partial charge >= 0.3 is 0 Å². The summed E-state index contributed by atoms with van der Waals surface area (Å²) >= 11 is 3.52. The minimum Gasteiger partial charge on any atom is -0.306 e. The van der Waals surface area contributed by atoms with Gasteiger partial charge in [0.25, 0.3) is 5.56 Å². The number of aromatic nitrogens is 2. The third kappa shape index (κ3) is 3.53. The molecule has 0 fully saturated rings. The summed E-state index contributed by atoms with van der Waals surface area (Å²) in [5, 5.41) is 0. The number of hydrogen-bond donors (Lipinski definition) is 1. The zero-order valence-corrected chi connectivity index (χ0v) is 12.9. The normalized spacial score (nSPS) is 11.0. The minimum atomic E-state index is -0.104. The van der Waals surface area contributed by atoms with Crippen molar-refractivity contribution in [1.82, 2.24) is 9.97 Å². The van der Waals surface area contributed by atoms with Crippen LogP contribution in [0.3, 0.4) is 0 Å². The van der Waals surface area contributed by atoms with Crippen molar-refractivity contribution < 1.29 is 0 Å². The molecular weight excluding hydrogens is 304 g/mol. The van der Waals surface area contributed by atoms with Crippen molar-refractivity contribution in [1.29, 1.82) is 0 Å². The summed E-state index contributed by atoms with van der Waals surface area (Å²) in [5.74, 6) is 1.10. The number of halogens is 1. The fraction of sp³-hybridized carbons (Fsp3) is 0.333. The molecule has 1 heterocycles. The Morgan fingerprint density at radius 2 is 2.05 bits per heavy atom. The molecule has 0 aliphatic carbocycles. The molecule has 0 bridgehead atoms. The van der Waals surface area contributed by atoms with E-state index < -0.39 is 0 Å². The van der Waals surface area contributed by atoms with Crippen molar-refractivity contribution in [2.45, 2.75) is 27.2 Å². The van der Waals surface area contributed by atoms with Crippen molar-refractivity contribution in [3.63, 3.8) is 0 Å². The fourth-order valence-electron chi connectivity index (χ4n) is 1.97. The summed E-state index contributed by atoms with van der Waals surface area (Å²) in [6, 6.07) is 7.57. The first-order valence-corrected chi connectivity index (χ1v) is 7.12. The molecule has 0 aliphatic rings. The average Bonchev–Trinajstić information content (AvgIpc) is 2.26. The number of benzene rings is 1. The smallest absolute Gasteiger partial charge is 0.251 e. The molecule has 1 aromatic carbocycles. The van der Waals surface area contributed by atoms with Gasteiger partial charge in [-0.3, -0.25) is 4.79 Å². The quantitative estimate of drug-likeness (QED) is 0.937. The second kappa shape index (κ2) is 5.70. The van der Waals surface area contributed by atoms with Crippen LogP contribution in [-0.2, 0) is 6.42 Å². The molecule has 0 saturated carbocycles. The minimum absolute atomic E-state index is 0.104. The van der Waals surface area contributed by atoms with Crippen LogP contribution in [0.1, 0.15) is 25.1 Å². The zero-order chi connectivity index (χ0) is 14.0. The van der Waals surface area contributed by atoms with Gasteiger partial charge in [-0.1, -0.05) is 35.8 Å². The monoisotopic (exact) mass is 320 g/mol.